The van der Waals surface area contributed by atoms with Gasteiger partial charge in [0.25, 0.3) is 0 Å². The lowest BCUT2D eigenvalue weighted by Gasteiger charge is -2.42. The Bertz CT molecular complexity index is 1120. The number of carboxylic acid groups (broad SMARTS) is 1. The molecule has 2 aromatic heterocycles. The Morgan fingerprint density at radius 2 is 1.82 bits per heavy atom. The van der Waals surface area contributed by atoms with Crippen molar-refractivity contribution in [2.75, 3.05) is 24.6 Å². The van der Waals surface area contributed by atoms with E-state index >= 15 is 0 Å². The highest BCUT2D eigenvalue weighted by atomic mass is 19.4. The highest BCUT2D eigenvalue weighted by molar-refractivity contribution is 5.85. The van der Waals surface area contributed by atoms with Crippen LogP contribution in [0.1, 0.15) is 84.1 Å². The Kier molecular flexibility index (Phi) is 9.51. The summed E-state index contributed by atoms with van der Waals surface area (Å²) in [7, 11) is 0. The second kappa shape index (κ2) is 12.1. The van der Waals surface area contributed by atoms with Gasteiger partial charge in [-0.2, -0.15) is 13.2 Å². The van der Waals surface area contributed by atoms with Crippen LogP contribution in [0.15, 0.2) is 24.5 Å². The van der Waals surface area contributed by atoms with E-state index in [4.69, 9.17) is 9.47 Å². The van der Waals surface area contributed by atoms with E-state index in [2.05, 4.69) is 28.7 Å². The number of pyridine rings is 2. The smallest absolute Gasteiger partial charge is 0.389 e. The number of aromatic nitrogens is 2. The minimum atomic E-state index is -4.22. The molecule has 39 heavy (non-hydrogen) atoms. The van der Waals surface area contributed by atoms with Crippen molar-refractivity contribution in [1.82, 2.24) is 9.97 Å². The van der Waals surface area contributed by atoms with Crippen LogP contribution in [-0.4, -0.2) is 52.5 Å². The Labute approximate surface area is 228 Å². The van der Waals surface area contributed by atoms with Gasteiger partial charge in [-0.05, 0) is 64.5 Å². The number of ether oxygens (including phenoxy) is 2. The van der Waals surface area contributed by atoms with E-state index in [0.717, 1.165) is 38.0 Å². The van der Waals surface area contributed by atoms with Crippen LogP contribution in [0.3, 0.4) is 0 Å². The van der Waals surface area contributed by atoms with Gasteiger partial charge in [-0.15, -0.1) is 0 Å². The van der Waals surface area contributed by atoms with Crippen LogP contribution in [0.4, 0.5) is 18.9 Å². The molecule has 1 N–H and O–H groups in total. The first kappa shape index (κ1) is 30.7. The van der Waals surface area contributed by atoms with E-state index in [9.17, 15) is 23.1 Å². The summed E-state index contributed by atoms with van der Waals surface area (Å²) in [6.45, 7) is 13.1. The van der Waals surface area contributed by atoms with Gasteiger partial charge in [0, 0.05) is 42.5 Å². The van der Waals surface area contributed by atoms with Crippen molar-refractivity contribution in [3.05, 3.63) is 35.8 Å². The molecule has 0 saturated carbocycles. The Morgan fingerprint density at radius 3 is 2.33 bits per heavy atom. The average Bonchev–Trinajstić information content (AvgIpc) is 2.85. The maximum absolute atomic E-state index is 12.5. The molecule has 1 fully saturated rings. The van der Waals surface area contributed by atoms with Gasteiger partial charge in [-0.25, -0.2) is 4.79 Å². The van der Waals surface area contributed by atoms with Crippen LogP contribution in [0.2, 0.25) is 0 Å². The van der Waals surface area contributed by atoms with Crippen molar-refractivity contribution >= 4 is 11.7 Å². The van der Waals surface area contributed by atoms with Crippen molar-refractivity contribution in [3.63, 3.8) is 0 Å². The molecule has 0 bridgehead atoms. The minimum Gasteiger partial charge on any atom is -0.492 e. The second-order valence-corrected chi connectivity index (χ2v) is 11.6. The number of carboxylic acids is 1. The lowest BCUT2D eigenvalue weighted by atomic mass is 9.78. The molecule has 0 aromatic carbocycles. The zero-order chi connectivity index (χ0) is 29.0. The highest BCUT2D eigenvalue weighted by Gasteiger charge is 2.36. The van der Waals surface area contributed by atoms with Crippen molar-refractivity contribution in [2.45, 2.75) is 91.5 Å². The molecule has 0 unspecified atom stereocenters. The van der Waals surface area contributed by atoms with Crippen molar-refractivity contribution in [1.29, 1.82) is 0 Å². The molecule has 1 aliphatic heterocycles. The second-order valence-electron chi connectivity index (χ2n) is 11.6. The number of nitrogens with zero attached hydrogens (tertiary/aromatic N) is 3. The topological polar surface area (TPSA) is 84.8 Å². The van der Waals surface area contributed by atoms with Gasteiger partial charge in [0.2, 0.25) is 0 Å². The zero-order valence-electron chi connectivity index (χ0n) is 23.7. The summed E-state index contributed by atoms with van der Waals surface area (Å²) in [6.07, 6.45) is -0.355. The van der Waals surface area contributed by atoms with Gasteiger partial charge in [0.1, 0.15) is 5.75 Å². The van der Waals surface area contributed by atoms with E-state index in [0.29, 0.717) is 28.3 Å². The van der Waals surface area contributed by atoms with Gasteiger partial charge in [0.05, 0.1) is 29.8 Å². The summed E-state index contributed by atoms with van der Waals surface area (Å²) in [5.41, 5.74) is 2.55. The summed E-state index contributed by atoms with van der Waals surface area (Å²) in [4.78, 5) is 23.8. The van der Waals surface area contributed by atoms with Gasteiger partial charge in [-0.3, -0.25) is 9.97 Å². The molecular weight excluding hydrogens is 511 g/mol. The van der Waals surface area contributed by atoms with Crippen molar-refractivity contribution in [2.24, 2.45) is 5.41 Å². The predicted octanol–water partition coefficient (Wildman–Crippen LogP) is 7.13. The van der Waals surface area contributed by atoms with Crippen molar-refractivity contribution in [3.8, 4) is 17.0 Å². The van der Waals surface area contributed by atoms with Gasteiger partial charge in [-0.1, -0.05) is 20.3 Å². The quantitative estimate of drug-likeness (QED) is 0.314. The molecule has 1 saturated heterocycles. The van der Waals surface area contributed by atoms with E-state index in [1.165, 1.54) is 6.20 Å². The van der Waals surface area contributed by atoms with E-state index in [1.807, 2.05) is 20.8 Å². The van der Waals surface area contributed by atoms with Crippen LogP contribution in [0.25, 0.3) is 11.3 Å². The highest BCUT2D eigenvalue weighted by Crippen LogP contribution is 2.44. The Hall–Kier alpha value is -2.88. The summed E-state index contributed by atoms with van der Waals surface area (Å²) in [6, 6.07) is 3.38. The molecule has 1 atom stereocenters. The monoisotopic (exact) mass is 551 g/mol. The zero-order valence-corrected chi connectivity index (χ0v) is 23.7. The van der Waals surface area contributed by atoms with E-state index in [1.54, 1.807) is 25.3 Å². The molecule has 10 heteroatoms. The fourth-order valence-corrected chi connectivity index (χ4v) is 4.75. The fourth-order valence-electron chi connectivity index (χ4n) is 4.75. The van der Waals surface area contributed by atoms with E-state index in [-0.39, 0.29) is 18.4 Å². The molecule has 0 amide bonds. The third-order valence-electron chi connectivity index (χ3n) is 7.27. The molecule has 1 aliphatic rings. The van der Waals surface area contributed by atoms with Crippen LogP contribution in [-0.2, 0) is 9.53 Å². The first-order valence-corrected chi connectivity index (χ1v) is 13.4. The fraction of sp³-hybridized carbons (Fsp3) is 0.621. The number of hydrogen-bond donors (Lipinski definition) is 1. The lowest BCUT2D eigenvalue weighted by molar-refractivity contribution is -0.160. The van der Waals surface area contributed by atoms with Gasteiger partial charge in [0.15, 0.2) is 6.10 Å². The number of aliphatic carboxylic acids is 1. The summed E-state index contributed by atoms with van der Waals surface area (Å²) in [5, 5.41) is 10.2. The molecular formula is C29H40F3N3O4. The minimum absolute atomic E-state index is 0.0730. The molecule has 0 radical (unpaired) electrons. The number of rotatable bonds is 10. The summed E-state index contributed by atoms with van der Waals surface area (Å²) in [5.74, 6) is -0.738. The number of carbonyl (C=O) groups is 1. The third-order valence-corrected chi connectivity index (χ3v) is 7.27. The number of aryl methyl sites for hydroxylation is 1. The number of piperidine rings is 1. The molecule has 0 aliphatic carbocycles. The van der Waals surface area contributed by atoms with Crippen LogP contribution in [0, 0.1) is 12.3 Å². The van der Waals surface area contributed by atoms with Crippen LogP contribution < -0.4 is 9.64 Å². The first-order chi connectivity index (χ1) is 18.1. The lowest BCUT2D eigenvalue weighted by Crippen LogP contribution is -2.40. The van der Waals surface area contributed by atoms with Crippen molar-refractivity contribution < 1.29 is 32.5 Å². The van der Waals surface area contributed by atoms with Crippen LogP contribution in [0.5, 0.6) is 5.75 Å². The first-order valence-electron chi connectivity index (χ1n) is 13.4. The van der Waals surface area contributed by atoms with E-state index < -0.39 is 30.3 Å². The number of anilines is 1. The summed E-state index contributed by atoms with van der Waals surface area (Å²) < 4.78 is 48.8. The SMILES string of the molecule is CCC1(C)CCN(c2c(-c3ccc(OCCCC(F)(F)F)cn3)cnc(C)c2[C@H](OC(C)(C)C)C(=O)O)CC1. The molecule has 3 rings (SSSR count). The van der Waals surface area contributed by atoms with Gasteiger partial charge >= 0.3 is 12.1 Å². The molecule has 2 aromatic rings. The number of hydrogen-bond acceptors (Lipinski definition) is 6. The number of alkyl halides is 3. The Morgan fingerprint density at radius 1 is 1.15 bits per heavy atom. The standard InChI is InChI=1S/C29H40F3N3O4/c1-7-28(6)12-14-35(15-13-28)24-21(18-33-19(2)23(24)25(26(36)37)39-27(3,4)5)22-10-9-20(17-34-22)38-16-8-11-29(30,31)32/h9-10,17-18,25H,7-8,11-16H2,1-6H3,(H,36,37)/t25-/m0/s1. The normalized spacial score (nSPS) is 16.7. The van der Waals surface area contributed by atoms with Crippen LogP contribution >= 0.6 is 0 Å². The molecule has 216 valence electrons. The Balaban J connectivity index is 2.02. The maximum atomic E-state index is 12.5. The molecule has 7 nitrogen and oxygen atoms in total. The molecule has 3 heterocycles. The van der Waals surface area contributed by atoms with Gasteiger partial charge < -0.3 is 19.5 Å². The molecule has 0 spiro atoms. The third kappa shape index (κ3) is 8.30. The predicted molar refractivity (Wildman–Crippen MR) is 144 cm³/mol. The largest absolute Gasteiger partial charge is 0.492 e. The number of halogens is 3. The average molecular weight is 552 g/mol. The summed E-state index contributed by atoms with van der Waals surface area (Å²) >= 11 is 0. The maximum Gasteiger partial charge on any atom is 0.389 e.